The summed E-state index contributed by atoms with van der Waals surface area (Å²) in [6, 6.07) is 12.1. The number of rotatable bonds is 5. The van der Waals surface area contributed by atoms with Crippen molar-refractivity contribution in [2.45, 2.75) is 18.2 Å². The van der Waals surface area contributed by atoms with Gasteiger partial charge in [-0.15, -0.1) is 11.8 Å². The fourth-order valence-electron chi connectivity index (χ4n) is 2.72. The van der Waals surface area contributed by atoms with Gasteiger partial charge in [0.1, 0.15) is 0 Å². The van der Waals surface area contributed by atoms with Gasteiger partial charge < -0.3 is 10.2 Å². The van der Waals surface area contributed by atoms with E-state index in [2.05, 4.69) is 5.32 Å². The summed E-state index contributed by atoms with van der Waals surface area (Å²) < 4.78 is 0. The van der Waals surface area contributed by atoms with Gasteiger partial charge in [0.2, 0.25) is 11.8 Å². The topological polar surface area (TPSA) is 92.6 Å². The molecule has 0 fully saturated rings. The Morgan fingerprint density at radius 3 is 2.85 bits per heavy atom. The number of anilines is 2. The Kier molecular flexibility index (Phi) is 5.22. The van der Waals surface area contributed by atoms with Crippen LogP contribution in [0.1, 0.15) is 12.0 Å². The molecule has 134 valence electrons. The number of benzene rings is 2. The number of nitrogens with zero attached hydrogens (tertiary/aromatic N) is 2. The first-order chi connectivity index (χ1) is 12.5. The molecule has 0 aromatic heterocycles. The monoisotopic (exact) mass is 371 g/mol. The molecule has 0 aliphatic carbocycles. The van der Waals surface area contributed by atoms with E-state index in [1.807, 2.05) is 24.3 Å². The Hall–Kier alpha value is -2.87. The summed E-state index contributed by atoms with van der Waals surface area (Å²) in [4.78, 5) is 37.5. The van der Waals surface area contributed by atoms with Crippen LogP contribution >= 0.6 is 11.8 Å². The summed E-state index contributed by atoms with van der Waals surface area (Å²) in [5.74, 6) is 0.0159. The fourth-order valence-corrected chi connectivity index (χ4v) is 3.66. The van der Waals surface area contributed by atoms with Crippen LogP contribution in [0.2, 0.25) is 0 Å². The van der Waals surface area contributed by atoms with Crippen LogP contribution in [0.15, 0.2) is 47.4 Å². The lowest BCUT2D eigenvalue weighted by molar-refractivity contribution is -0.385. The lowest BCUT2D eigenvalue weighted by atomic mass is 10.2. The van der Waals surface area contributed by atoms with Crippen LogP contribution in [0.3, 0.4) is 0 Å². The number of fused-ring (bicyclic) bond motifs is 1. The average Bonchev–Trinajstić information content (AvgIpc) is 2.62. The highest BCUT2D eigenvalue weighted by molar-refractivity contribution is 8.00. The Bertz CT molecular complexity index is 884. The van der Waals surface area contributed by atoms with Gasteiger partial charge in [-0.1, -0.05) is 18.2 Å². The molecule has 2 aromatic carbocycles. The molecule has 0 atom stereocenters. The number of carbonyl (C=O) groups is 2. The largest absolute Gasteiger partial charge is 0.326 e. The first kappa shape index (κ1) is 17.9. The van der Waals surface area contributed by atoms with Crippen LogP contribution in [-0.2, 0) is 9.59 Å². The van der Waals surface area contributed by atoms with Crippen LogP contribution in [-0.4, -0.2) is 29.0 Å². The van der Waals surface area contributed by atoms with Gasteiger partial charge in [-0.3, -0.25) is 19.7 Å². The highest BCUT2D eigenvalue weighted by atomic mass is 32.2. The number of nitro benzene ring substituents is 1. The molecule has 1 N–H and O–H groups in total. The lowest BCUT2D eigenvalue weighted by Gasteiger charge is -2.28. The summed E-state index contributed by atoms with van der Waals surface area (Å²) in [7, 11) is 0. The number of para-hydroxylation sites is 1. The zero-order valence-corrected chi connectivity index (χ0v) is 14.9. The van der Waals surface area contributed by atoms with Crippen molar-refractivity contribution in [3.8, 4) is 0 Å². The zero-order chi connectivity index (χ0) is 18.7. The first-order valence-corrected chi connectivity index (χ1v) is 9.01. The molecule has 0 saturated carbocycles. The molecule has 0 saturated heterocycles. The number of nitro groups is 1. The van der Waals surface area contributed by atoms with Crippen molar-refractivity contribution in [3.05, 3.63) is 58.1 Å². The molecule has 0 radical (unpaired) electrons. The molecular weight excluding hydrogens is 354 g/mol. The highest BCUT2D eigenvalue weighted by Gasteiger charge is 2.24. The summed E-state index contributed by atoms with van der Waals surface area (Å²) in [6.45, 7) is 1.90. The molecule has 0 spiro atoms. The van der Waals surface area contributed by atoms with Crippen LogP contribution in [0.4, 0.5) is 17.1 Å². The quantitative estimate of drug-likeness (QED) is 0.642. The van der Waals surface area contributed by atoms with Crippen LogP contribution < -0.4 is 10.2 Å². The smallest absolute Gasteiger partial charge is 0.274 e. The number of amides is 2. The molecule has 2 aromatic rings. The van der Waals surface area contributed by atoms with Gasteiger partial charge in [-0.2, -0.15) is 0 Å². The van der Waals surface area contributed by atoms with Crippen LogP contribution in [0.5, 0.6) is 0 Å². The molecular formula is C18H17N3O4S. The molecule has 3 rings (SSSR count). The molecule has 1 heterocycles. The molecule has 0 unspecified atom stereocenters. The van der Waals surface area contributed by atoms with E-state index >= 15 is 0 Å². The first-order valence-electron chi connectivity index (χ1n) is 8.03. The second kappa shape index (κ2) is 7.57. The van der Waals surface area contributed by atoms with Gasteiger partial charge in [0.25, 0.3) is 5.69 Å². The minimum absolute atomic E-state index is 0.0347. The average molecular weight is 371 g/mol. The third-order valence-corrected chi connectivity index (χ3v) is 5.11. The maximum absolute atomic E-state index is 12.2. The van der Waals surface area contributed by atoms with Gasteiger partial charge >= 0.3 is 0 Å². The fraction of sp³-hybridized carbons (Fsp3) is 0.222. The molecule has 7 nitrogen and oxygen atoms in total. The Morgan fingerprint density at radius 2 is 2.08 bits per heavy atom. The predicted molar refractivity (Wildman–Crippen MR) is 101 cm³/mol. The highest BCUT2D eigenvalue weighted by Crippen LogP contribution is 2.34. The second-order valence-corrected chi connectivity index (χ2v) is 6.88. The summed E-state index contributed by atoms with van der Waals surface area (Å²) in [5, 5.41) is 13.6. The van der Waals surface area contributed by atoms with E-state index in [0.717, 1.165) is 10.6 Å². The molecule has 0 bridgehead atoms. The van der Waals surface area contributed by atoms with E-state index in [4.69, 9.17) is 0 Å². The lowest BCUT2D eigenvalue weighted by Crippen LogP contribution is -2.37. The SMILES string of the molecule is Cc1ccc(NC(=O)CCN2C(=O)CSc3ccccc32)cc1[N+](=O)[O-]. The standard InChI is InChI=1S/C18H17N3O4S/c1-12-6-7-13(10-15(12)21(24)25)19-17(22)8-9-20-14-4-2-3-5-16(14)26-11-18(20)23/h2-7,10H,8-9,11H2,1H3,(H,19,22). The van der Waals surface area contributed by atoms with Gasteiger partial charge in [-0.05, 0) is 25.1 Å². The molecule has 1 aliphatic rings. The van der Waals surface area contributed by atoms with E-state index in [1.165, 1.54) is 17.8 Å². The molecule has 2 amide bonds. The predicted octanol–water partition coefficient (Wildman–Crippen LogP) is 3.37. The Balaban J connectivity index is 1.66. The van der Waals surface area contributed by atoms with Crippen molar-refractivity contribution in [3.63, 3.8) is 0 Å². The maximum atomic E-state index is 12.2. The van der Waals surface area contributed by atoms with E-state index in [-0.39, 0.29) is 30.5 Å². The van der Waals surface area contributed by atoms with Crippen molar-refractivity contribution in [1.82, 2.24) is 0 Å². The zero-order valence-electron chi connectivity index (χ0n) is 14.1. The molecule has 8 heteroatoms. The number of hydrogen-bond acceptors (Lipinski definition) is 5. The van der Waals surface area contributed by atoms with E-state index in [9.17, 15) is 19.7 Å². The number of thioether (sulfide) groups is 1. The van der Waals surface area contributed by atoms with E-state index < -0.39 is 4.92 Å². The van der Waals surface area contributed by atoms with Crippen molar-refractivity contribution >= 4 is 40.6 Å². The Morgan fingerprint density at radius 1 is 1.31 bits per heavy atom. The van der Waals surface area contributed by atoms with Crippen LogP contribution in [0, 0.1) is 17.0 Å². The van der Waals surface area contributed by atoms with Crippen molar-refractivity contribution < 1.29 is 14.5 Å². The van der Waals surface area contributed by atoms with Gasteiger partial charge in [-0.25, -0.2) is 0 Å². The summed E-state index contributed by atoms with van der Waals surface area (Å²) in [5.41, 5.74) is 1.67. The van der Waals surface area contributed by atoms with Crippen molar-refractivity contribution in [2.24, 2.45) is 0 Å². The van der Waals surface area contributed by atoms with E-state index in [1.54, 1.807) is 24.0 Å². The van der Waals surface area contributed by atoms with E-state index in [0.29, 0.717) is 17.0 Å². The Labute approximate surface area is 154 Å². The van der Waals surface area contributed by atoms with Gasteiger partial charge in [0.15, 0.2) is 0 Å². The minimum atomic E-state index is -0.480. The summed E-state index contributed by atoms with van der Waals surface area (Å²) in [6.07, 6.45) is 0.104. The second-order valence-electron chi connectivity index (χ2n) is 5.86. The number of nitrogens with one attached hydrogen (secondary N) is 1. The number of hydrogen-bond donors (Lipinski definition) is 1. The van der Waals surface area contributed by atoms with Crippen molar-refractivity contribution in [1.29, 1.82) is 0 Å². The van der Waals surface area contributed by atoms with Gasteiger partial charge in [0, 0.05) is 35.2 Å². The number of aryl methyl sites for hydroxylation is 1. The van der Waals surface area contributed by atoms with Crippen LogP contribution in [0.25, 0.3) is 0 Å². The third kappa shape index (κ3) is 3.85. The minimum Gasteiger partial charge on any atom is -0.326 e. The summed E-state index contributed by atoms with van der Waals surface area (Å²) >= 11 is 1.49. The molecule has 26 heavy (non-hydrogen) atoms. The normalized spacial score (nSPS) is 13.3. The van der Waals surface area contributed by atoms with Crippen molar-refractivity contribution in [2.75, 3.05) is 22.5 Å². The molecule has 1 aliphatic heterocycles. The third-order valence-electron chi connectivity index (χ3n) is 4.06. The number of carbonyl (C=O) groups excluding carboxylic acids is 2. The van der Waals surface area contributed by atoms with Gasteiger partial charge in [0.05, 0.1) is 16.4 Å². The maximum Gasteiger partial charge on any atom is 0.274 e.